The van der Waals surface area contributed by atoms with E-state index in [9.17, 15) is 4.79 Å². The Kier molecular flexibility index (Phi) is 5.65. The third kappa shape index (κ3) is 4.31. The molecule has 0 aliphatic heterocycles. The van der Waals surface area contributed by atoms with Crippen LogP contribution in [0.25, 0.3) is 21.5 Å². The van der Waals surface area contributed by atoms with Crippen LogP contribution in [0.15, 0.2) is 83.0 Å². The molecule has 0 bridgehead atoms. The highest BCUT2D eigenvalue weighted by Crippen LogP contribution is 2.30. The number of benzene rings is 2. The van der Waals surface area contributed by atoms with Crippen LogP contribution in [0, 0.1) is 0 Å². The van der Waals surface area contributed by atoms with Crippen molar-refractivity contribution >= 4 is 39.5 Å². The molecule has 2 N–H and O–H groups in total. The summed E-state index contributed by atoms with van der Waals surface area (Å²) in [4.78, 5) is 20.7. The Balaban J connectivity index is 1.32. The average Bonchev–Trinajstić information content (AvgIpc) is 3.56. The highest BCUT2D eigenvalue weighted by atomic mass is 32.1. The summed E-state index contributed by atoms with van der Waals surface area (Å²) in [5.41, 5.74) is 5.40. The quantitative estimate of drug-likeness (QED) is 0.332. The number of aromatic nitrogens is 2. The molecular weight excluding hydrogens is 422 g/mol. The van der Waals surface area contributed by atoms with Gasteiger partial charge in [0, 0.05) is 45.9 Å². The highest BCUT2D eigenvalue weighted by Gasteiger charge is 2.19. The molecular formula is C25H21N3OS2. The van der Waals surface area contributed by atoms with Crippen molar-refractivity contribution in [3.05, 3.63) is 99.8 Å². The molecule has 0 saturated heterocycles. The standard InChI is InChI=1S/C25H21N3OS2/c29-24(12-19-16-31-25(28-19)18-10-11-30-15-18)27-13-21(17-6-2-1-3-7-17)22-14-26-23-9-5-4-8-20(22)23/h1-11,14-16,21,26H,12-13H2,(H,27,29). The van der Waals surface area contributed by atoms with Crippen LogP contribution in [-0.4, -0.2) is 22.4 Å². The first-order chi connectivity index (χ1) is 15.3. The summed E-state index contributed by atoms with van der Waals surface area (Å²) in [7, 11) is 0. The molecule has 0 aliphatic carbocycles. The minimum Gasteiger partial charge on any atom is -0.361 e. The summed E-state index contributed by atoms with van der Waals surface area (Å²) in [5, 5.41) is 11.4. The zero-order chi connectivity index (χ0) is 21.0. The predicted octanol–water partition coefficient (Wildman–Crippen LogP) is 5.84. The first-order valence-corrected chi connectivity index (χ1v) is 11.9. The number of thiophene rings is 1. The molecule has 3 heterocycles. The smallest absolute Gasteiger partial charge is 0.226 e. The maximum absolute atomic E-state index is 12.7. The van der Waals surface area contributed by atoms with E-state index in [4.69, 9.17) is 0 Å². The van der Waals surface area contributed by atoms with E-state index in [1.807, 2.05) is 41.1 Å². The van der Waals surface area contributed by atoms with Crippen LogP contribution in [-0.2, 0) is 11.2 Å². The van der Waals surface area contributed by atoms with Crippen LogP contribution in [0.2, 0.25) is 0 Å². The number of fused-ring (bicyclic) bond motifs is 1. The summed E-state index contributed by atoms with van der Waals surface area (Å²) in [5.74, 6) is 0.0565. The molecule has 3 aromatic heterocycles. The number of amides is 1. The molecule has 6 heteroatoms. The Morgan fingerprint density at radius 3 is 2.71 bits per heavy atom. The van der Waals surface area contributed by atoms with E-state index in [0.717, 1.165) is 21.8 Å². The van der Waals surface area contributed by atoms with Crippen molar-refractivity contribution in [1.29, 1.82) is 0 Å². The van der Waals surface area contributed by atoms with Crippen molar-refractivity contribution in [2.75, 3.05) is 6.54 Å². The van der Waals surface area contributed by atoms with Crippen molar-refractivity contribution in [2.45, 2.75) is 12.3 Å². The van der Waals surface area contributed by atoms with Gasteiger partial charge >= 0.3 is 0 Å². The zero-order valence-corrected chi connectivity index (χ0v) is 18.4. The Bertz CT molecular complexity index is 1290. The first kappa shape index (κ1) is 19.7. The molecule has 4 nitrogen and oxygen atoms in total. The lowest BCUT2D eigenvalue weighted by molar-refractivity contribution is -0.120. The maximum atomic E-state index is 12.7. The summed E-state index contributed by atoms with van der Waals surface area (Å²) >= 11 is 3.23. The van der Waals surface area contributed by atoms with Crippen molar-refractivity contribution in [2.24, 2.45) is 0 Å². The van der Waals surface area contributed by atoms with Crippen LogP contribution in [0.5, 0.6) is 0 Å². The van der Waals surface area contributed by atoms with Crippen molar-refractivity contribution < 1.29 is 4.79 Å². The SMILES string of the molecule is O=C(Cc1csc(-c2ccsc2)n1)NCC(c1ccccc1)c1c[nH]c2ccccc12. The fourth-order valence-electron chi connectivity index (χ4n) is 3.82. The number of nitrogens with one attached hydrogen (secondary N) is 2. The Labute approximate surface area is 188 Å². The third-order valence-corrected chi connectivity index (χ3v) is 6.99. The van der Waals surface area contributed by atoms with E-state index in [2.05, 4.69) is 57.2 Å². The lowest BCUT2D eigenvalue weighted by Crippen LogP contribution is -2.30. The van der Waals surface area contributed by atoms with Gasteiger partial charge in [-0.25, -0.2) is 4.98 Å². The van der Waals surface area contributed by atoms with Crippen LogP contribution < -0.4 is 5.32 Å². The monoisotopic (exact) mass is 443 g/mol. The molecule has 2 aromatic carbocycles. The second-order valence-electron chi connectivity index (χ2n) is 7.39. The van der Waals surface area contributed by atoms with E-state index < -0.39 is 0 Å². The van der Waals surface area contributed by atoms with Crippen molar-refractivity contribution in [3.63, 3.8) is 0 Å². The molecule has 0 fully saturated rings. The van der Waals surface area contributed by atoms with E-state index in [-0.39, 0.29) is 18.2 Å². The van der Waals surface area contributed by atoms with Gasteiger partial charge in [-0.2, -0.15) is 11.3 Å². The maximum Gasteiger partial charge on any atom is 0.226 e. The van der Waals surface area contributed by atoms with Gasteiger partial charge in [-0.1, -0.05) is 48.5 Å². The van der Waals surface area contributed by atoms with E-state index >= 15 is 0 Å². The molecule has 31 heavy (non-hydrogen) atoms. The summed E-state index contributed by atoms with van der Waals surface area (Å²) in [6, 6.07) is 20.7. The molecule has 1 atom stereocenters. The molecule has 1 amide bonds. The molecule has 0 radical (unpaired) electrons. The van der Waals surface area contributed by atoms with Gasteiger partial charge in [-0.3, -0.25) is 4.79 Å². The lowest BCUT2D eigenvalue weighted by atomic mass is 9.91. The second-order valence-corrected chi connectivity index (χ2v) is 9.03. The first-order valence-electron chi connectivity index (χ1n) is 10.1. The highest BCUT2D eigenvalue weighted by molar-refractivity contribution is 7.14. The number of rotatable bonds is 7. The number of H-pyrrole nitrogens is 1. The summed E-state index contributed by atoms with van der Waals surface area (Å²) < 4.78 is 0. The van der Waals surface area contributed by atoms with E-state index in [1.165, 1.54) is 16.5 Å². The van der Waals surface area contributed by atoms with Crippen LogP contribution in [0.3, 0.4) is 0 Å². The molecule has 0 aliphatic rings. The third-order valence-electron chi connectivity index (χ3n) is 5.36. The minimum atomic E-state index is -0.0112. The molecule has 0 saturated carbocycles. The van der Waals surface area contributed by atoms with E-state index in [0.29, 0.717) is 6.54 Å². The largest absolute Gasteiger partial charge is 0.361 e. The minimum absolute atomic E-state index is 0.0112. The molecule has 5 rings (SSSR count). The number of nitrogens with zero attached hydrogens (tertiary/aromatic N) is 1. The summed E-state index contributed by atoms with van der Waals surface area (Å²) in [6.45, 7) is 0.534. The van der Waals surface area contributed by atoms with Crippen LogP contribution in [0.1, 0.15) is 22.7 Å². The van der Waals surface area contributed by atoms with Gasteiger partial charge in [0.2, 0.25) is 5.91 Å². The van der Waals surface area contributed by atoms with Crippen LogP contribution >= 0.6 is 22.7 Å². The van der Waals surface area contributed by atoms with E-state index in [1.54, 1.807) is 22.7 Å². The predicted molar refractivity (Wildman–Crippen MR) is 129 cm³/mol. The van der Waals surface area contributed by atoms with Gasteiger partial charge in [0.1, 0.15) is 5.01 Å². The normalized spacial score (nSPS) is 12.1. The zero-order valence-electron chi connectivity index (χ0n) is 16.7. The molecule has 0 spiro atoms. The number of para-hydroxylation sites is 1. The van der Waals surface area contributed by atoms with Crippen molar-refractivity contribution in [1.82, 2.24) is 15.3 Å². The molecule has 1 unspecified atom stereocenters. The Morgan fingerprint density at radius 1 is 1.03 bits per heavy atom. The van der Waals surface area contributed by atoms with Gasteiger partial charge in [0.25, 0.3) is 0 Å². The number of thiazole rings is 1. The lowest BCUT2D eigenvalue weighted by Gasteiger charge is -2.18. The molecule has 154 valence electrons. The molecule has 5 aromatic rings. The van der Waals surface area contributed by atoms with Gasteiger partial charge < -0.3 is 10.3 Å². The summed E-state index contributed by atoms with van der Waals surface area (Å²) in [6.07, 6.45) is 2.35. The second kappa shape index (κ2) is 8.88. The average molecular weight is 444 g/mol. The number of hydrogen-bond donors (Lipinski definition) is 2. The Morgan fingerprint density at radius 2 is 1.87 bits per heavy atom. The van der Waals surface area contributed by atoms with Crippen LogP contribution in [0.4, 0.5) is 0 Å². The van der Waals surface area contributed by atoms with Gasteiger partial charge in [-0.15, -0.1) is 11.3 Å². The van der Waals surface area contributed by atoms with Crippen molar-refractivity contribution in [3.8, 4) is 10.6 Å². The number of hydrogen-bond acceptors (Lipinski definition) is 4. The fraction of sp³-hybridized carbons (Fsp3) is 0.120. The fourth-order valence-corrected chi connectivity index (χ4v) is 5.36. The van der Waals surface area contributed by atoms with Gasteiger partial charge in [0.15, 0.2) is 0 Å². The number of aromatic amines is 1. The number of carbonyl (C=O) groups is 1. The van der Waals surface area contributed by atoms with Gasteiger partial charge in [0.05, 0.1) is 12.1 Å². The van der Waals surface area contributed by atoms with Gasteiger partial charge in [-0.05, 0) is 28.6 Å². The number of carbonyl (C=O) groups excluding carboxylic acids is 1. The topological polar surface area (TPSA) is 57.8 Å². The Hall–Kier alpha value is -3.22.